The number of hydrogen-bond acceptors (Lipinski definition) is 4. The van der Waals surface area contributed by atoms with Crippen LogP contribution < -0.4 is 10.6 Å². The van der Waals surface area contributed by atoms with Gasteiger partial charge in [-0.15, -0.1) is 0 Å². The molecule has 0 aliphatic rings. The molecule has 1 aromatic heterocycles. The second kappa shape index (κ2) is 8.25. The van der Waals surface area contributed by atoms with Crippen molar-refractivity contribution in [3.05, 3.63) is 83.8 Å². The van der Waals surface area contributed by atoms with Gasteiger partial charge in [0.2, 0.25) is 5.95 Å². The van der Waals surface area contributed by atoms with Crippen LogP contribution in [0.3, 0.4) is 0 Å². The fourth-order valence-corrected chi connectivity index (χ4v) is 2.43. The summed E-state index contributed by atoms with van der Waals surface area (Å²) in [7, 11) is 0. The van der Waals surface area contributed by atoms with E-state index >= 15 is 0 Å². The molecular weight excluding hydrogens is 327 g/mol. The number of hydrogen-bond donors (Lipinski definition) is 2. The van der Waals surface area contributed by atoms with Crippen molar-refractivity contribution in [3.8, 4) is 0 Å². The quantitative estimate of drug-likeness (QED) is 0.568. The predicted molar refractivity (Wildman–Crippen MR) is 105 cm³/mol. The normalized spacial score (nSPS) is 11.3. The minimum Gasteiger partial charge on any atom is -0.338 e. The molecule has 26 heavy (non-hydrogen) atoms. The van der Waals surface area contributed by atoms with Gasteiger partial charge in [0.1, 0.15) is 0 Å². The van der Waals surface area contributed by atoms with Gasteiger partial charge in [0, 0.05) is 11.4 Å². The van der Waals surface area contributed by atoms with Gasteiger partial charge < -0.3 is 10.6 Å². The first-order valence-electron chi connectivity index (χ1n) is 8.46. The summed E-state index contributed by atoms with van der Waals surface area (Å²) in [5, 5.41) is 6.07. The van der Waals surface area contributed by atoms with Crippen LogP contribution in [0.5, 0.6) is 0 Å². The summed E-state index contributed by atoms with van der Waals surface area (Å²) in [4.78, 5) is 8.22. The molecule has 0 unspecified atom stereocenters. The van der Waals surface area contributed by atoms with Gasteiger partial charge in [0.25, 0.3) is 0 Å². The number of rotatable bonds is 6. The molecule has 0 saturated heterocycles. The number of halogens is 1. The minimum atomic E-state index is -0.502. The molecule has 0 fully saturated rings. The first kappa shape index (κ1) is 17.6. The zero-order valence-electron chi connectivity index (χ0n) is 14.8. The molecule has 3 rings (SSSR count). The molecule has 4 nitrogen and oxygen atoms in total. The van der Waals surface area contributed by atoms with Crippen molar-refractivity contribution in [2.24, 2.45) is 0 Å². The third-order valence-electron chi connectivity index (χ3n) is 3.97. The molecule has 0 amide bonds. The van der Waals surface area contributed by atoms with E-state index in [-0.39, 0.29) is 5.82 Å². The molecule has 0 aliphatic heterocycles. The Labute approximate surface area is 152 Å². The average Bonchev–Trinajstić information content (AvgIpc) is 2.67. The number of nitrogens with zero attached hydrogens (tertiary/aromatic N) is 2. The predicted octanol–water partition coefficient (Wildman–Crippen LogP) is 5.61. The van der Waals surface area contributed by atoms with Crippen LogP contribution in [0, 0.1) is 5.82 Å². The Hall–Kier alpha value is -3.21. The topological polar surface area (TPSA) is 49.8 Å². The smallest absolute Gasteiger partial charge is 0.229 e. The summed E-state index contributed by atoms with van der Waals surface area (Å²) in [6.07, 6.45) is 4.16. The van der Waals surface area contributed by atoms with E-state index in [1.54, 1.807) is 0 Å². The third kappa shape index (κ3) is 4.66. The van der Waals surface area contributed by atoms with E-state index in [9.17, 15) is 4.39 Å². The van der Waals surface area contributed by atoms with Crippen LogP contribution in [0.2, 0.25) is 0 Å². The van der Waals surface area contributed by atoms with Crippen LogP contribution in [-0.2, 0) is 6.42 Å². The highest BCUT2D eigenvalue weighted by Crippen LogP contribution is 2.21. The standard InChI is InChI=1S/C21H21FN4/c1-3-15(2)13-16-9-11-18(12-10-16)24-20-19(22)14-23-21(26-20)25-17-7-5-4-6-8-17/h3-12,14H,13H2,1-2H3,(H2,23,24,25,26). The Morgan fingerprint density at radius 1 is 1.00 bits per heavy atom. The highest BCUT2D eigenvalue weighted by molar-refractivity contribution is 5.60. The largest absolute Gasteiger partial charge is 0.338 e. The lowest BCUT2D eigenvalue weighted by Gasteiger charge is -2.10. The second-order valence-corrected chi connectivity index (χ2v) is 6.01. The SMILES string of the molecule is CC=C(C)Cc1ccc(Nc2nc(Nc3ccccc3)ncc2F)cc1. The Kier molecular flexibility index (Phi) is 5.59. The van der Waals surface area contributed by atoms with Crippen molar-refractivity contribution in [2.75, 3.05) is 10.6 Å². The van der Waals surface area contributed by atoms with Crippen molar-refractivity contribution >= 4 is 23.1 Å². The first-order valence-corrected chi connectivity index (χ1v) is 8.46. The molecule has 0 spiro atoms. The number of nitrogens with one attached hydrogen (secondary N) is 2. The molecular formula is C21H21FN4. The number of para-hydroxylation sites is 1. The van der Waals surface area contributed by atoms with Gasteiger partial charge in [-0.3, -0.25) is 0 Å². The monoisotopic (exact) mass is 348 g/mol. The van der Waals surface area contributed by atoms with Gasteiger partial charge >= 0.3 is 0 Å². The zero-order chi connectivity index (χ0) is 18.4. The summed E-state index contributed by atoms with van der Waals surface area (Å²) in [6.45, 7) is 4.13. The first-order chi connectivity index (χ1) is 12.6. The summed E-state index contributed by atoms with van der Waals surface area (Å²) < 4.78 is 14.1. The third-order valence-corrected chi connectivity index (χ3v) is 3.97. The lowest BCUT2D eigenvalue weighted by atomic mass is 10.1. The molecule has 2 aromatic carbocycles. The van der Waals surface area contributed by atoms with Gasteiger partial charge in [-0.25, -0.2) is 9.37 Å². The number of aromatic nitrogens is 2. The lowest BCUT2D eigenvalue weighted by Crippen LogP contribution is -2.03. The Balaban J connectivity index is 1.73. The van der Waals surface area contributed by atoms with Crippen molar-refractivity contribution in [1.82, 2.24) is 9.97 Å². The molecule has 0 saturated carbocycles. The minimum absolute atomic E-state index is 0.135. The molecule has 3 aromatic rings. The molecule has 0 atom stereocenters. The van der Waals surface area contributed by atoms with Crippen molar-refractivity contribution in [1.29, 1.82) is 0 Å². The van der Waals surface area contributed by atoms with E-state index in [0.29, 0.717) is 5.95 Å². The van der Waals surface area contributed by atoms with Gasteiger partial charge in [0.05, 0.1) is 6.20 Å². The van der Waals surface area contributed by atoms with E-state index < -0.39 is 5.82 Å². The average molecular weight is 348 g/mol. The molecule has 0 radical (unpaired) electrons. The molecule has 1 heterocycles. The van der Waals surface area contributed by atoms with E-state index in [1.165, 1.54) is 11.1 Å². The van der Waals surface area contributed by atoms with Crippen LogP contribution in [0.1, 0.15) is 19.4 Å². The van der Waals surface area contributed by atoms with Crippen LogP contribution >= 0.6 is 0 Å². The fraction of sp³-hybridized carbons (Fsp3) is 0.143. The van der Waals surface area contributed by atoms with Gasteiger partial charge in [-0.1, -0.05) is 42.0 Å². The lowest BCUT2D eigenvalue weighted by molar-refractivity contribution is 0.619. The van der Waals surface area contributed by atoms with Gasteiger partial charge in [-0.2, -0.15) is 4.98 Å². The summed E-state index contributed by atoms with van der Waals surface area (Å²) in [6, 6.07) is 17.4. The van der Waals surface area contributed by atoms with E-state index in [1.807, 2.05) is 61.5 Å². The Morgan fingerprint density at radius 2 is 1.69 bits per heavy atom. The molecule has 5 heteroatoms. The van der Waals surface area contributed by atoms with Crippen LogP contribution in [0.15, 0.2) is 72.4 Å². The molecule has 0 bridgehead atoms. The Bertz CT molecular complexity index is 890. The van der Waals surface area contributed by atoms with Crippen LogP contribution in [0.25, 0.3) is 0 Å². The van der Waals surface area contributed by atoms with Crippen molar-refractivity contribution < 1.29 is 4.39 Å². The highest BCUT2D eigenvalue weighted by atomic mass is 19.1. The summed E-state index contributed by atoms with van der Waals surface area (Å²) >= 11 is 0. The van der Waals surface area contributed by atoms with E-state index in [2.05, 4.69) is 33.6 Å². The maximum atomic E-state index is 14.1. The van der Waals surface area contributed by atoms with E-state index in [0.717, 1.165) is 24.0 Å². The summed E-state index contributed by atoms with van der Waals surface area (Å²) in [5.41, 5.74) is 4.13. The molecule has 132 valence electrons. The number of allylic oxidation sites excluding steroid dienone is 2. The van der Waals surface area contributed by atoms with Gasteiger partial charge in [0.15, 0.2) is 11.6 Å². The maximum absolute atomic E-state index is 14.1. The number of benzene rings is 2. The molecule has 2 N–H and O–H groups in total. The summed E-state index contributed by atoms with van der Waals surface area (Å²) in [5.74, 6) is -0.0336. The van der Waals surface area contributed by atoms with Crippen molar-refractivity contribution in [2.45, 2.75) is 20.3 Å². The Morgan fingerprint density at radius 3 is 2.38 bits per heavy atom. The second-order valence-electron chi connectivity index (χ2n) is 6.01. The van der Waals surface area contributed by atoms with Crippen molar-refractivity contribution in [3.63, 3.8) is 0 Å². The fourth-order valence-electron chi connectivity index (χ4n) is 2.43. The maximum Gasteiger partial charge on any atom is 0.229 e. The molecule has 0 aliphatic carbocycles. The van der Waals surface area contributed by atoms with Crippen LogP contribution in [-0.4, -0.2) is 9.97 Å². The van der Waals surface area contributed by atoms with Gasteiger partial charge in [-0.05, 0) is 50.1 Å². The zero-order valence-corrected chi connectivity index (χ0v) is 14.8. The van der Waals surface area contributed by atoms with Crippen LogP contribution in [0.4, 0.5) is 27.5 Å². The highest BCUT2D eigenvalue weighted by Gasteiger charge is 2.08. The van der Waals surface area contributed by atoms with E-state index in [4.69, 9.17) is 0 Å². The number of anilines is 4.